The van der Waals surface area contributed by atoms with Crippen molar-refractivity contribution in [1.82, 2.24) is 10.2 Å². The van der Waals surface area contributed by atoms with Gasteiger partial charge in [-0.15, -0.1) is 0 Å². The van der Waals surface area contributed by atoms with Crippen LogP contribution in [0.25, 0.3) is 0 Å². The minimum Gasteiger partial charge on any atom is -0.449 e. The van der Waals surface area contributed by atoms with Gasteiger partial charge in [0.25, 0.3) is 0 Å². The van der Waals surface area contributed by atoms with Gasteiger partial charge in [-0.2, -0.15) is 13.2 Å². The van der Waals surface area contributed by atoms with Gasteiger partial charge < -0.3 is 15.0 Å². The SMILES string of the molecule is CCCCOC(=O)N1CC[C@H](NCC(F)(F)F)C1. The molecule has 0 saturated carbocycles. The predicted molar refractivity (Wildman–Crippen MR) is 60.3 cm³/mol. The highest BCUT2D eigenvalue weighted by molar-refractivity contribution is 5.68. The van der Waals surface area contributed by atoms with Gasteiger partial charge in [0.05, 0.1) is 13.2 Å². The molecule has 0 aromatic rings. The van der Waals surface area contributed by atoms with Crippen LogP contribution in [0.2, 0.25) is 0 Å². The van der Waals surface area contributed by atoms with E-state index in [2.05, 4.69) is 5.32 Å². The molecule has 0 aromatic heterocycles. The van der Waals surface area contributed by atoms with Gasteiger partial charge in [0.1, 0.15) is 0 Å². The maximum absolute atomic E-state index is 12.0. The number of hydrogen-bond acceptors (Lipinski definition) is 3. The molecule has 1 N–H and O–H groups in total. The van der Waals surface area contributed by atoms with Crippen molar-refractivity contribution in [3.8, 4) is 0 Å². The second kappa shape index (κ2) is 6.82. The van der Waals surface area contributed by atoms with E-state index >= 15 is 0 Å². The summed E-state index contributed by atoms with van der Waals surface area (Å²) in [6, 6.07) is -0.301. The molecule has 0 spiro atoms. The van der Waals surface area contributed by atoms with Crippen LogP contribution in [0, 0.1) is 0 Å². The number of amides is 1. The highest BCUT2D eigenvalue weighted by Crippen LogP contribution is 2.15. The fourth-order valence-electron chi connectivity index (χ4n) is 1.75. The third kappa shape index (κ3) is 5.57. The largest absolute Gasteiger partial charge is 0.449 e. The van der Waals surface area contributed by atoms with Gasteiger partial charge in [-0.1, -0.05) is 13.3 Å². The van der Waals surface area contributed by atoms with Crippen LogP contribution in [0.3, 0.4) is 0 Å². The Labute approximate surface area is 104 Å². The van der Waals surface area contributed by atoms with E-state index in [4.69, 9.17) is 4.74 Å². The third-order valence-corrected chi connectivity index (χ3v) is 2.76. The first-order chi connectivity index (χ1) is 8.42. The number of rotatable bonds is 5. The number of likely N-dealkylation sites (tertiary alicyclic amines) is 1. The molecule has 1 aliphatic heterocycles. The van der Waals surface area contributed by atoms with Gasteiger partial charge in [-0.05, 0) is 12.8 Å². The van der Waals surface area contributed by atoms with Crippen LogP contribution in [-0.4, -0.2) is 49.5 Å². The molecule has 1 heterocycles. The summed E-state index contributed by atoms with van der Waals surface area (Å²) in [6.45, 7) is 2.06. The Bertz CT molecular complexity index is 272. The van der Waals surface area contributed by atoms with Crippen molar-refractivity contribution < 1.29 is 22.7 Å². The number of hydrogen-bond donors (Lipinski definition) is 1. The van der Waals surface area contributed by atoms with Crippen LogP contribution >= 0.6 is 0 Å². The van der Waals surface area contributed by atoms with Gasteiger partial charge >= 0.3 is 12.3 Å². The van der Waals surface area contributed by atoms with E-state index in [1.165, 1.54) is 4.90 Å². The van der Waals surface area contributed by atoms with Gasteiger partial charge in [-0.3, -0.25) is 0 Å². The summed E-state index contributed by atoms with van der Waals surface area (Å²) in [5.41, 5.74) is 0. The molecule has 1 aliphatic rings. The molecule has 1 fully saturated rings. The second-order valence-electron chi connectivity index (χ2n) is 4.40. The molecule has 1 amide bonds. The quantitative estimate of drug-likeness (QED) is 0.777. The Morgan fingerprint density at radius 1 is 1.50 bits per heavy atom. The van der Waals surface area contributed by atoms with Crippen LogP contribution in [0.15, 0.2) is 0 Å². The van der Waals surface area contributed by atoms with Gasteiger partial charge in [0.15, 0.2) is 0 Å². The summed E-state index contributed by atoms with van der Waals surface area (Å²) in [6.07, 6.45) is -2.38. The molecule has 18 heavy (non-hydrogen) atoms. The first-order valence-corrected chi connectivity index (χ1v) is 6.14. The molecule has 7 heteroatoms. The van der Waals surface area contributed by atoms with Crippen molar-refractivity contribution in [3.05, 3.63) is 0 Å². The maximum Gasteiger partial charge on any atom is 0.409 e. The summed E-state index contributed by atoms with van der Waals surface area (Å²) in [5, 5.41) is 2.40. The monoisotopic (exact) mass is 268 g/mol. The van der Waals surface area contributed by atoms with Crippen molar-refractivity contribution in [2.45, 2.75) is 38.4 Å². The summed E-state index contributed by atoms with van der Waals surface area (Å²) < 4.78 is 41.0. The van der Waals surface area contributed by atoms with E-state index in [0.717, 1.165) is 12.8 Å². The molecule has 0 radical (unpaired) electrons. The van der Waals surface area contributed by atoms with E-state index in [1.54, 1.807) is 0 Å². The Hall–Kier alpha value is -0.980. The number of alkyl halides is 3. The van der Waals surface area contributed by atoms with Gasteiger partial charge in [0.2, 0.25) is 0 Å². The fraction of sp³-hybridized carbons (Fsp3) is 0.909. The molecular weight excluding hydrogens is 249 g/mol. The highest BCUT2D eigenvalue weighted by Gasteiger charge is 2.32. The smallest absolute Gasteiger partial charge is 0.409 e. The molecule has 0 unspecified atom stereocenters. The first kappa shape index (κ1) is 15.1. The van der Waals surface area contributed by atoms with E-state index in [1.807, 2.05) is 6.92 Å². The van der Waals surface area contributed by atoms with Crippen molar-refractivity contribution in [3.63, 3.8) is 0 Å². The van der Waals surface area contributed by atoms with E-state index in [0.29, 0.717) is 19.6 Å². The number of ether oxygens (including phenoxy) is 1. The minimum atomic E-state index is -4.21. The second-order valence-corrected chi connectivity index (χ2v) is 4.40. The van der Waals surface area contributed by atoms with Crippen LogP contribution < -0.4 is 5.32 Å². The average Bonchev–Trinajstić information content (AvgIpc) is 2.74. The van der Waals surface area contributed by atoms with E-state index < -0.39 is 18.8 Å². The maximum atomic E-state index is 12.0. The number of carbonyl (C=O) groups excluding carboxylic acids is 1. The molecular formula is C11H19F3N2O2. The minimum absolute atomic E-state index is 0.279. The number of carbonyl (C=O) groups is 1. The van der Waals surface area contributed by atoms with E-state index in [9.17, 15) is 18.0 Å². The zero-order valence-electron chi connectivity index (χ0n) is 10.4. The lowest BCUT2D eigenvalue weighted by Gasteiger charge is -2.17. The van der Waals surface area contributed by atoms with Crippen molar-refractivity contribution in [2.75, 3.05) is 26.2 Å². The Morgan fingerprint density at radius 3 is 2.83 bits per heavy atom. The average molecular weight is 268 g/mol. The standard InChI is InChI=1S/C11H19F3N2O2/c1-2-3-6-18-10(17)16-5-4-9(7-16)15-8-11(12,13)14/h9,15H,2-8H2,1H3/t9-/m0/s1. The number of nitrogens with one attached hydrogen (secondary N) is 1. The zero-order chi connectivity index (χ0) is 13.6. The lowest BCUT2D eigenvalue weighted by molar-refractivity contribution is -0.126. The van der Waals surface area contributed by atoms with Crippen molar-refractivity contribution in [2.24, 2.45) is 0 Å². The highest BCUT2D eigenvalue weighted by atomic mass is 19.4. The number of nitrogens with zero attached hydrogens (tertiary/aromatic N) is 1. The van der Waals surface area contributed by atoms with Gasteiger partial charge in [-0.25, -0.2) is 4.79 Å². The summed E-state index contributed by atoms with van der Waals surface area (Å²) >= 11 is 0. The zero-order valence-corrected chi connectivity index (χ0v) is 10.4. The molecule has 0 aromatic carbocycles. The van der Waals surface area contributed by atoms with Crippen LogP contribution in [-0.2, 0) is 4.74 Å². The topological polar surface area (TPSA) is 41.6 Å². The number of unbranched alkanes of at least 4 members (excludes halogenated alkanes) is 1. The Morgan fingerprint density at radius 2 is 2.22 bits per heavy atom. The Balaban J connectivity index is 2.22. The molecule has 106 valence electrons. The molecule has 0 aliphatic carbocycles. The van der Waals surface area contributed by atoms with Crippen molar-refractivity contribution in [1.29, 1.82) is 0 Å². The molecule has 1 atom stereocenters. The van der Waals surface area contributed by atoms with Crippen LogP contribution in [0.1, 0.15) is 26.2 Å². The molecule has 1 saturated heterocycles. The molecule has 1 rings (SSSR count). The summed E-state index contributed by atoms with van der Waals surface area (Å²) in [7, 11) is 0. The van der Waals surface area contributed by atoms with Crippen molar-refractivity contribution >= 4 is 6.09 Å². The normalized spacial score (nSPS) is 20.2. The van der Waals surface area contributed by atoms with E-state index in [-0.39, 0.29) is 12.6 Å². The Kier molecular flexibility index (Phi) is 5.71. The molecule has 4 nitrogen and oxygen atoms in total. The lowest BCUT2D eigenvalue weighted by atomic mass is 10.2. The molecule has 0 bridgehead atoms. The lowest BCUT2D eigenvalue weighted by Crippen LogP contribution is -2.39. The summed E-state index contributed by atoms with van der Waals surface area (Å²) in [4.78, 5) is 13.0. The van der Waals surface area contributed by atoms with Crippen LogP contribution in [0.4, 0.5) is 18.0 Å². The number of halogens is 3. The van der Waals surface area contributed by atoms with Crippen LogP contribution in [0.5, 0.6) is 0 Å². The van der Waals surface area contributed by atoms with Gasteiger partial charge in [0, 0.05) is 19.1 Å². The summed E-state index contributed by atoms with van der Waals surface area (Å²) in [5.74, 6) is 0. The first-order valence-electron chi connectivity index (χ1n) is 6.14. The fourth-order valence-corrected chi connectivity index (χ4v) is 1.75. The predicted octanol–water partition coefficient (Wildman–Crippen LogP) is 2.15. The third-order valence-electron chi connectivity index (χ3n) is 2.76.